The third kappa shape index (κ3) is 3.45. The molecule has 4 nitrogen and oxygen atoms in total. The molecule has 0 spiro atoms. The zero-order valence-corrected chi connectivity index (χ0v) is 12.5. The average Bonchev–Trinajstić information content (AvgIpc) is 2.87. The lowest BCUT2D eigenvalue weighted by atomic mass is 10.1. The number of alkyl halides is 1. The molecule has 1 aromatic carbocycles. The number of nitrogens with zero attached hydrogens (tertiary/aromatic N) is 3. The van der Waals surface area contributed by atoms with Crippen LogP contribution in [-0.2, 0) is 19.6 Å². The zero-order chi connectivity index (χ0) is 14.4. The van der Waals surface area contributed by atoms with Gasteiger partial charge >= 0.3 is 0 Å². The summed E-state index contributed by atoms with van der Waals surface area (Å²) in [6.07, 6.45) is 3.92. The van der Waals surface area contributed by atoms with Crippen LogP contribution >= 0.6 is 15.9 Å². The minimum atomic E-state index is -0.477. The molecule has 0 aliphatic carbocycles. The first-order valence-electron chi connectivity index (χ1n) is 6.20. The lowest BCUT2D eigenvalue weighted by Crippen LogP contribution is -2.10. The number of hydrogen-bond acceptors (Lipinski definition) is 3. The van der Waals surface area contributed by atoms with Crippen LogP contribution in [0.1, 0.15) is 11.4 Å². The highest BCUT2D eigenvalue weighted by molar-refractivity contribution is 9.10. The van der Waals surface area contributed by atoms with Crippen LogP contribution in [0.15, 0.2) is 41.7 Å². The summed E-state index contributed by atoms with van der Waals surface area (Å²) in [7, 11) is 0. The molecule has 0 amide bonds. The van der Waals surface area contributed by atoms with Crippen molar-refractivity contribution in [3.63, 3.8) is 0 Å². The second-order valence-corrected chi connectivity index (χ2v) is 4.94. The number of rotatable bonds is 7. The summed E-state index contributed by atoms with van der Waals surface area (Å²) < 4.78 is 20.6. The summed E-state index contributed by atoms with van der Waals surface area (Å²) in [6.45, 7) is 3.71. The van der Waals surface area contributed by atoms with Gasteiger partial charge in [-0.1, -0.05) is 28.1 Å². The van der Waals surface area contributed by atoms with Crippen LogP contribution in [0, 0.1) is 0 Å². The zero-order valence-electron chi connectivity index (χ0n) is 10.9. The van der Waals surface area contributed by atoms with Crippen molar-refractivity contribution in [3.05, 3.63) is 53.0 Å². The molecule has 0 aliphatic rings. The molecule has 0 saturated heterocycles. The fourth-order valence-corrected chi connectivity index (χ4v) is 2.34. The predicted octanol–water partition coefficient (Wildman–Crippen LogP) is 3.32. The quantitative estimate of drug-likeness (QED) is 0.726. The van der Waals surface area contributed by atoms with Crippen molar-refractivity contribution < 1.29 is 9.13 Å². The molecule has 2 aromatic rings. The van der Waals surface area contributed by atoms with E-state index in [-0.39, 0.29) is 13.2 Å². The van der Waals surface area contributed by atoms with Gasteiger partial charge in [0.05, 0.1) is 6.54 Å². The molecule has 20 heavy (non-hydrogen) atoms. The van der Waals surface area contributed by atoms with Gasteiger partial charge in [0, 0.05) is 10.0 Å². The first-order valence-corrected chi connectivity index (χ1v) is 6.99. The van der Waals surface area contributed by atoms with Crippen molar-refractivity contribution >= 4 is 15.9 Å². The van der Waals surface area contributed by atoms with Gasteiger partial charge in [0.2, 0.25) is 0 Å². The Hall–Kier alpha value is -1.69. The third-order valence-corrected chi connectivity index (χ3v) is 3.52. The van der Waals surface area contributed by atoms with Gasteiger partial charge in [0.25, 0.3) is 0 Å². The van der Waals surface area contributed by atoms with Crippen molar-refractivity contribution in [1.82, 2.24) is 14.8 Å². The van der Waals surface area contributed by atoms with Crippen LogP contribution in [0.5, 0.6) is 5.75 Å². The van der Waals surface area contributed by atoms with Gasteiger partial charge in [-0.25, -0.2) is 14.1 Å². The minimum Gasteiger partial charge on any atom is -0.485 e. The van der Waals surface area contributed by atoms with E-state index in [1.807, 2.05) is 24.3 Å². The molecule has 106 valence electrons. The lowest BCUT2D eigenvalue weighted by Gasteiger charge is -2.12. The van der Waals surface area contributed by atoms with Gasteiger partial charge in [-0.3, -0.25) is 0 Å². The van der Waals surface area contributed by atoms with Gasteiger partial charge in [0.1, 0.15) is 25.4 Å². The molecule has 0 aliphatic heterocycles. The van der Waals surface area contributed by atoms with Crippen molar-refractivity contribution in [1.29, 1.82) is 0 Å². The van der Waals surface area contributed by atoms with E-state index in [1.165, 1.54) is 11.0 Å². The number of halogens is 2. The van der Waals surface area contributed by atoms with Crippen molar-refractivity contribution in [2.45, 2.75) is 19.6 Å². The second kappa shape index (κ2) is 7.19. The Morgan fingerprint density at radius 1 is 1.45 bits per heavy atom. The monoisotopic (exact) mass is 339 g/mol. The molecule has 0 bridgehead atoms. The van der Waals surface area contributed by atoms with Crippen LogP contribution < -0.4 is 4.74 Å². The maximum absolute atomic E-state index is 12.4. The molecule has 0 radical (unpaired) electrons. The van der Waals surface area contributed by atoms with E-state index in [4.69, 9.17) is 4.74 Å². The van der Waals surface area contributed by atoms with E-state index in [0.29, 0.717) is 12.2 Å². The van der Waals surface area contributed by atoms with E-state index in [9.17, 15) is 4.39 Å². The largest absolute Gasteiger partial charge is 0.485 e. The van der Waals surface area contributed by atoms with Crippen LogP contribution in [-0.4, -0.2) is 21.4 Å². The number of benzene rings is 1. The number of aryl methyl sites for hydroxylation is 1. The average molecular weight is 340 g/mol. The molecule has 6 heteroatoms. The molecule has 1 aromatic heterocycles. The van der Waals surface area contributed by atoms with Crippen LogP contribution in [0.2, 0.25) is 0 Å². The fourth-order valence-electron chi connectivity index (χ4n) is 1.83. The summed E-state index contributed by atoms with van der Waals surface area (Å²) in [5, 5.41) is 3.95. The van der Waals surface area contributed by atoms with Crippen LogP contribution in [0.4, 0.5) is 4.39 Å². The van der Waals surface area contributed by atoms with E-state index in [1.54, 1.807) is 0 Å². The summed E-state index contributed by atoms with van der Waals surface area (Å²) >= 11 is 3.50. The maximum atomic E-state index is 12.4. The molecule has 0 N–H and O–H groups in total. The topological polar surface area (TPSA) is 39.9 Å². The van der Waals surface area contributed by atoms with Gasteiger partial charge < -0.3 is 4.74 Å². The Kier molecular flexibility index (Phi) is 5.29. The van der Waals surface area contributed by atoms with Crippen LogP contribution in [0.3, 0.4) is 0 Å². The molecule has 0 saturated carbocycles. The Morgan fingerprint density at radius 2 is 2.30 bits per heavy atom. The maximum Gasteiger partial charge on any atom is 0.164 e. The summed E-state index contributed by atoms with van der Waals surface area (Å²) in [5.41, 5.74) is 1.03. The lowest BCUT2D eigenvalue weighted by molar-refractivity contribution is 0.280. The highest BCUT2D eigenvalue weighted by atomic mass is 79.9. The summed E-state index contributed by atoms with van der Waals surface area (Å²) in [5.74, 6) is 1.36. The van der Waals surface area contributed by atoms with Crippen molar-refractivity contribution in [3.8, 4) is 5.75 Å². The molecule has 1 heterocycles. The van der Waals surface area contributed by atoms with Crippen molar-refractivity contribution in [2.24, 2.45) is 0 Å². The Labute approximate surface area is 125 Å². The smallest absolute Gasteiger partial charge is 0.164 e. The predicted molar refractivity (Wildman–Crippen MR) is 78.4 cm³/mol. The molecule has 2 rings (SSSR count). The van der Waals surface area contributed by atoms with E-state index >= 15 is 0 Å². The Bertz CT molecular complexity index is 586. The van der Waals surface area contributed by atoms with Gasteiger partial charge in [0.15, 0.2) is 5.82 Å². The van der Waals surface area contributed by atoms with Crippen LogP contribution in [0.25, 0.3) is 0 Å². The molecular weight excluding hydrogens is 325 g/mol. The first-order chi connectivity index (χ1) is 9.76. The minimum absolute atomic E-state index is 0.191. The van der Waals surface area contributed by atoms with Crippen molar-refractivity contribution in [2.75, 3.05) is 6.67 Å². The third-order valence-electron chi connectivity index (χ3n) is 2.77. The Morgan fingerprint density at radius 3 is 3.05 bits per heavy atom. The SMILES string of the molecule is C=CCc1c(Br)cccc1OCc1ncnn1CCF. The number of hydrogen-bond donors (Lipinski definition) is 0. The number of aromatic nitrogens is 3. The molecule has 0 unspecified atom stereocenters. The van der Waals surface area contributed by atoms with E-state index in [2.05, 4.69) is 32.6 Å². The standard InChI is InChI=1S/C14H15BrFN3O/c1-2-4-11-12(15)5-3-6-13(11)20-9-14-17-10-18-19(14)8-7-16/h2-3,5-6,10H,1,4,7-9H2. The summed E-state index contributed by atoms with van der Waals surface area (Å²) in [6, 6.07) is 5.75. The number of ether oxygens (including phenoxy) is 1. The molecule has 0 fully saturated rings. The number of allylic oxidation sites excluding steroid dienone is 1. The van der Waals surface area contributed by atoms with Gasteiger partial charge in [-0.15, -0.1) is 6.58 Å². The van der Waals surface area contributed by atoms with Gasteiger partial charge in [-0.05, 0) is 18.6 Å². The first kappa shape index (κ1) is 14.7. The van der Waals surface area contributed by atoms with Gasteiger partial charge in [-0.2, -0.15) is 5.10 Å². The van der Waals surface area contributed by atoms with E-state index < -0.39 is 6.67 Å². The van der Waals surface area contributed by atoms with E-state index in [0.717, 1.165) is 15.8 Å². The highest BCUT2D eigenvalue weighted by Crippen LogP contribution is 2.28. The molecule has 0 atom stereocenters. The second-order valence-electron chi connectivity index (χ2n) is 4.09. The fraction of sp³-hybridized carbons (Fsp3) is 0.286. The highest BCUT2D eigenvalue weighted by Gasteiger charge is 2.09. The summed E-state index contributed by atoms with van der Waals surface area (Å²) in [4.78, 5) is 4.08. The normalized spacial score (nSPS) is 10.5. The Balaban J connectivity index is 2.12. The molecular formula is C14H15BrFN3O.